The average molecular weight is 283 g/mol. The summed E-state index contributed by atoms with van der Waals surface area (Å²) in [5, 5.41) is 8.98. The van der Waals surface area contributed by atoms with E-state index in [1.807, 2.05) is 0 Å². The van der Waals surface area contributed by atoms with Crippen molar-refractivity contribution in [1.29, 1.82) is 0 Å². The number of hydrogen-bond donors (Lipinski definition) is 2. The Labute approximate surface area is 111 Å². The number of thioether (sulfide) groups is 1. The van der Waals surface area contributed by atoms with Crippen LogP contribution in [0.3, 0.4) is 0 Å². The molecule has 0 aliphatic heterocycles. The molecule has 3 N–H and O–H groups in total. The van der Waals surface area contributed by atoms with Gasteiger partial charge < -0.3 is 15.4 Å². The number of aromatic nitrogens is 2. The highest BCUT2D eigenvalue weighted by atomic mass is 32.2. The van der Waals surface area contributed by atoms with Gasteiger partial charge in [0.25, 0.3) is 0 Å². The highest BCUT2D eigenvalue weighted by Gasteiger charge is 2.14. The zero-order valence-electron chi connectivity index (χ0n) is 9.67. The van der Waals surface area contributed by atoms with Gasteiger partial charge in [-0.3, -0.25) is 9.59 Å². The first-order chi connectivity index (χ1) is 8.97. The van der Waals surface area contributed by atoms with Crippen LogP contribution >= 0.6 is 11.8 Å². The van der Waals surface area contributed by atoms with Gasteiger partial charge in [-0.2, -0.15) is 0 Å². The predicted octanol–water partition coefficient (Wildman–Crippen LogP) is 0.837. The molecule has 0 spiro atoms. The second-order valence-corrected chi connectivity index (χ2v) is 4.70. The molecule has 6 nitrogen and oxygen atoms in total. The first-order valence-electron chi connectivity index (χ1n) is 5.26. The molecular formula is C11H10FN3O3S. The van der Waals surface area contributed by atoms with Gasteiger partial charge in [0.05, 0.1) is 16.8 Å². The third-order valence-corrected chi connectivity index (χ3v) is 3.28. The Kier molecular flexibility index (Phi) is 3.70. The maximum atomic E-state index is 13.1. The van der Waals surface area contributed by atoms with Crippen LogP contribution < -0.4 is 5.73 Å². The molecule has 0 saturated heterocycles. The van der Waals surface area contributed by atoms with Gasteiger partial charge in [0, 0.05) is 6.07 Å². The van der Waals surface area contributed by atoms with Crippen molar-refractivity contribution >= 4 is 34.7 Å². The summed E-state index contributed by atoms with van der Waals surface area (Å²) in [7, 11) is 0. The lowest BCUT2D eigenvalue weighted by atomic mass is 10.3. The number of carboxylic acids is 1. The number of imidazole rings is 1. The number of amides is 1. The summed E-state index contributed by atoms with van der Waals surface area (Å²) >= 11 is 0.951. The van der Waals surface area contributed by atoms with Crippen LogP contribution in [0.5, 0.6) is 0 Å². The minimum absolute atomic E-state index is 0.135. The van der Waals surface area contributed by atoms with Crippen LogP contribution in [0.2, 0.25) is 0 Å². The highest BCUT2D eigenvalue weighted by Crippen LogP contribution is 2.24. The summed E-state index contributed by atoms with van der Waals surface area (Å²) in [6, 6.07) is 3.94. The van der Waals surface area contributed by atoms with Crippen molar-refractivity contribution in [3.05, 3.63) is 24.0 Å². The Morgan fingerprint density at radius 2 is 2.21 bits per heavy atom. The van der Waals surface area contributed by atoms with E-state index < -0.39 is 17.7 Å². The molecule has 0 bridgehead atoms. The third-order valence-electron chi connectivity index (χ3n) is 2.31. The number of carbonyl (C=O) groups excluding carboxylic acids is 1. The molecule has 1 aromatic carbocycles. The summed E-state index contributed by atoms with van der Waals surface area (Å²) in [5.41, 5.74) is 6.03. The number of benzene rings is 1. The van der Waals surface area contributed by atoms with E-state index in [1.54, 1.807) is 0 Å². The van der Waals surface area contributed by atoms with E-state index in [9.17, 15) is 14.0 Å². The van der Waals surface area contributed by atoms with Gasteiger partial charge >= 0.3 is 5.97 Å². The van der Waals surface area contributed by atoms with Crippen molar-refractivity contribution in [2.75, 3.05) is 5.75 Å². The number of carboxylic acid groups (broad SMARTS) is 1. The number of nitrogens with two attached hydrogens (primary N) is 1. The first kappa shape index (κ1) is 13.3. The molecule has 1 amide bonds. The van der Waals surface area contributed by atoms with Crippen LogP contribution in [0.15, 0.2) is 23.4 Å². The fourth-order valence-electron chi connectivity index (χ4n) is 1.63. The fraction of sp³-hybridized carbons (Fsp3) is 0.182. The van der Waals surface area contributed by atoms with E-state index in [1.165, 1.54) is 22.8 Å². The molecule has 0 saturated carbocycles. The van der Waals surface area contributed by atoms with Crippen LogP contribution in [0.25, 0.3) is 11.0 Å². The standard InChI is InChI=1S/C11H10FN3O3S/c12-6-1-2-8-7(3-6)14-11(19-5-10(17)18)15(8)4-9(13)16/h1-3H,4-5H2,(H2,13,16)(H,17,18). The van der Waals surface area contributed by atoms with Crippen molar-refractivity contribution in [2.24, 2.45) is 5.73 Å². The lowest BCUT2D eigenvalue weighted by molar-refractivity contribution is -0.133. The van der Waals surface area contributed by atoms with Crippen LogP contribution in [-0.2, 0) is 16.1 Å². The van der Waals surface area contributed by atoms with Crippen molar-refractivity contribution in [1.82, 2.24) is 9.55 Å². The molecule has 19 heavy (non-hydrogen) atoms. The van der Waals surface area contributed by atoms with E-state index in [-0.39, 0.29) is 12.3 Å². The minimum Gasteiger partial charge on any atom is -0.481 e. The molecular weight excluding hydrogens is 273 g/mol. The Bertz CT molecular complexity index is 656. The number of nitrogens with zero attached hydrogens (tertiary/aromatic N) is 2. The molecule has 2 aromatic rings. The second kappa shape index (κ2) is 5.27. The molecule has 1 heterocycles. The van der Waals surface area contributed by atoms with E-state index in [4.69, 9.17) is 10.8 Å². The molecule has 0 atom stereocenters. The van der Waals surface area contributed by atoms with E-state index in [0.29, 0.717) is 16.2 Å². The maximum absolute atomic E-state index is 13.1. The summed E-state index contributed by atoms with van der Waals surface area (Å²) in [5.74, 6) is -2.24. The van der Waals surface area contributed by atoms with Crippen LogP contribution in [0, 0.1) is 5.82 Å². The number of primary amides is 1. The smallest absolute Gasteiger partial charge is 0.313 e. The third kappa shape index (κ3) is 3.02. The molecule has 1 aromatic heterocycles. The van der Waals surface area contributed by atoms with Crippen LogP contribution in [0.4, 0.5) is 4.39 Å². The van der Waals surface area contributed by atoms with Crippen LogP contribution in [-0.4, -0.2) is 32.3 Å². The van der Waals surface area contributed by atoms with Crippen LogP contribution in [0.1, 0.15) is 0 Å². The number of rotatable bonds is 5. The van der Waals surface area contributed by atoms with Gasteiger partial charge in [-0.05, 0) is 12.1 Å². The molecule has 0 radical (unpaired) electrons. The lowest BCUT2D eigenvalue weighted by Gasteiger charge is -2.05. The number of fused-ring (bicyclic) bond motifs is 1. The number of carbonyl (C=O) groups is 2. The fourth-order valence-corrected chi connectivity index (χ4v) is 2.36. The van der Waals surface area contributed by atoms with Crippen molar-refractivity contribution < 1.29 is 19.1 Å². The van der Waals surface area contributed by atoms with Crippen molar-refractivity contribution in [3.63, 3.8) is 0 Å². The van der Waals surface area contributed by atoms with E-state index in [2.05, 4.69) is 4.98 Å². The molecule has 100 valence electrons. The van der Waals surface area contributed by atoms with Gasteiger partial charge in [0.2, 0.25) is 5.91 Å². The zero-order valence-corrected chi connectivity index (χ0v) is 10.5. The summed E-state index contributed by atoms with van der Waals surface area (Å²) in [6.07, 6.45) is 0. The highest BCUT2D eigenvalue weighted by molar-refractivity contribution is 7.99. The molecule has 0 aliphatic rings. The maximum Gasteiger partial charge on any atom is 0.313 e. The lowest BCUT2D eigenvalue weighted by Crippen LogP contribution is -2.19. The van der Waals surface area contributed by atoms with E-state index in [0.717, 1.165) is 11.8 Å². The topological polar surface area (TPSA) is 98.2 Å². The SMILES string of the molecule is NC(=O)Cn1c(SCC(=O)O)nc2cc(F)ccc21. The quantitative estimate of drug-likeness (QED) is 0.792. The minimum atomic E-state index is -1.01. The van der Waals surface area contributed by atoms with Crippen molar-refractivity contribution in [3.8, 4) is 0 Å². The Morgan fingerprint density at radius 3 is 2.84 bits per heavy atom. The molecule has 0 unspecified atom stereocenters. The average Bonchev–Trinajstić information content (AvgIpc) is 2.63. The monoisotopic (exact) mass is 283 g/mol. The number of hydrogen-bond acceptors (Lipinski definition) is 4. The summed E-state index contributed by atoms with van der Waals surface area (Å²) < 4.78 is 14.6. The Balaban J connectivity index is 2.47. The van der Waals surface area contributed by atoms with E-state index >= 15 is 0 Å². The predicted molar refractivity (Wildman–Crippen MR) is 67.2 cm³/mol. The number of halogens is 1. The molecule has 0 aliphatic carbocycles. The molecule has 2 rings (SSSR count). The normalized spacial score (nSPS) is 10.8. The van der Waals surface area contributed by atoms with Gasteiger partial charge in [-0.25, -0.2) is 9.37 Å². The van der Waals surface area contributed by atoms with Gasteiger partial charge in [-0.15, -0.1) is 0 Å². The zero-order chi connectivity index (χ0) is 14.0. The Hall–Kier alpha value is -2.09. The Morgan fingerprint density at radius 1 is 1.47 bits per heavy atom. The van der Waals surface area contributed by atoms with Gasteiger partial charge in [-0.1, -0.05) is 11.8 Å². The second-order valence-electron chi connectivity index (χ2n) is 3.76. The molecule has 0 fully saturated rings. The first-order valence-corrected chi connectivity index (χ1v) is 6.24. The molecule has 8 heteroatoms. The largest absolute Gasteiger partial charge is 0.481 e. The van der Waals surface area contributed by atoms with Crippen molar-refractivity contribution in [2.45, 2.75) is 11.7 Å². The summed E-state index contributed by atoms with van der Waals surface area (Å²) in [6.45, 7) is -0.135. The number of aliphatic carboxylic acids is 1. The summed E-state index contributed by atoms with van der Waals surface area (Å²) in [4.78, 5) is 25.7. The van der Waals surface area contributed by atoms with Gasteiger partial charge in [0.15, 0.2) is 5.16 Å². The van der Waals surface area contributed by atoms with Gasteiger partial charge in [0.1, 0.15) is 12.4 Å².